The third-order valence-corrected chi connectivity index (χ3v) is 5.92. The van der Waals surface area contributed by atoms with Gasteiger partial charge < -0.3 is 14.6 Å². The van der Waals surface area contributed by atoms with Gasteiger partial charge >= 0.3 is 0 Å². The van der Waals surface area contributed by atoms with E-state index in [4.69, 9.17) is 4.74 Å². The van der Waals surface area contributed by atoms with Crippen LogP contribution in [0, 0.1) is 0 Å². The van der Waals surface area contributed by atoms with Gasteiger partial charge in [-0.25, -0.2) is 0 Å². The summed E-state index contributed by atoms with van der Waals surface area (Å²) in [5.74, 6) is 1.07. The highest BCUT2D eigenvalue weighted by Crippen LogP contribution is 2.53. The van der Waals surface area contributed by atoms with E-state index < -0.39 is 5.41 Å². The van der Waals surface area contributed by atoms with Gasteiger partial charge in [-0.05, 0) is 61.1 Å². The molecule has 2 aromatic carbocycles. The molecule has 1 saturated carbocycles. The number of hydrogen-bond donors (Lipinski definition) is 1. The molecule has 1 fully saturated rings. The van der Waals surface area contributed by atoms with Crippen molar-refractivity contribution in [3.05, 3.63) is 59.8 Å². The van der Waals surface area contributed by atoms with Crippen molar-refractivity contribution in [2.24, 2.45) is 0 Å². The zero-order valence-electron chi connectivity index (χ0n) is 14.9. The highest BCUT2D eigenvalue weighted by Gasteiger charge is 2.54. The first kappa shape index (κ1) is 15.5. The molecule has 3 aromatic rings. The number of amides is 1. The molecule has 1 N–H and O–H groups in total. The minimum Gasteiger partial charge on any atom is -0.497 e. The predicted octanol–water partition coefficient (Wildman–Crippen LogP) is 4.19. The second-order valence-electron chi connectivity index (χ2n) is 7.39. The van der Waals surface area contributed by atoms with Crippen molar-refractivity contribution in [2.75, 3.05) is 18.6 Å². The molecule has 26 heavy (non-hydrogen) atoms. The molecule has 1 aliphatic carbocycles. The number of benzene rings is 2. The van der Waals surface area contributed by atoms with E-state index in [0.717, 1.165) is 60.1 Å². The van der Waals surface area contributed by atoms with E-state index >= 15 is 0 Å². The van der Waals surface area contributed by atoms with Crippen LogP contribution in [0.1, 0.15) is 30.4 Å². The van der Waals surface area contributed by atoms with Crippen LogP contribution in [0.3, 0.4) is 0 Å². The van der Waals surface area contributed by atoms with E-state index in [0.29, 0.717) is 0 Å². The van der Waals surface area contributed by atoms with Gasteiger partial charge in [-0.1, -0.05) is 18.2 Å². The van der Waals surface area contributed by atoms with Gasteiger partial charge in [-0.2, -0.15) is 0 Å². The van der Waals surface area contributed by atoms with Gasteiger partial charge in [-0.15, -0.1) is 0 Å². The fraction of sp³-hybridized carbons (Fsp3) is 0.318. The minimum atomic E-state index is -0.394. The highest BCUT2D eigenvalue weighted by atomic mass is 16.5. The molecular weight excluding hydrogens is 324 g/mol. The van der Waals surface area contributed by atoms with Crippen molar-refractivity contribution in [2.45, 2.75) is 31.1 Å². The highest BCUT2D eigenvalue weighted by molar-refractivity contribution is 6.06. The second kappa shape index (κ2) is 5.63. The largest absolute Gasteiger partial charge is 0.497 e. The standard InChI is InChI=1S/C22H22N2O2/c1-26-16-8-9-19-17(13-16)18(14-23-19)22(10-11-22)21(25)24-12-4-6-15-5-2-3-7-20(15)24/h2-3,5,7-9,13-14,23H,4,6,10-12H2,1H3. The molecule has 132 valence electrons. The Balaban J connectivity index is 1.58. The lowest BCUT2D eigenvalue weighted by molar-refractivity contribution is -0.121. The molecule has 0 saturated heterocycles. The first-order valence-corrected chi connectivity index (χ1v) is 9.28. The summed E-state index contributed by atoms with van der Waals surface area (Å²) < 4.78 is 5.39. The Morgan fingerprint density at radius 1 is 1.19 bits per heavy atom. The van der Waals surface area contributed by atoms with E-state index in [1.165, 1.54) is 5.56 Å². The quantitative estimate of drug-likeness (QED) is 0.773. The Morgan fingerprint density at radius 3 is 2.85 bits per heavy atom. The van der Waals surface area contributed by atoms with Crippen LogP contribution in [-0.4, -0.2) is 24.5 Å². The van der Waals surface area contributed by atoms with Crippen LogP contribution in [0.25, 0.3) is 10.9 Å². The second-order valence-corrected chi connectivity index (χ2v) is 7.39. The number of para-hydroxylation sites is 1. The van der Waals surface area contributed by atoms with Crippen molar-refractivity contribution < 1.29 is 9.53 Å². The van der Waals surface area contributed by atoms with Gasteiger partial charge in [0.1, 0.15) is 5.75 Å². The van der Waals surface area contributed by atoms with Gasteiger partial charge in [0.15, 0.2) is 0 Å². The van der Waals surface area contributed by atoms with Crippen molar-refractivity contribution in [1.29, 1.82) is 0 Å². The molecule has 1 aromatic heterocycles. The number of anilines is 1. The number of aromatic amines is 1. The zero-order chi connectivity index (χ0) is 17.7. The lowest BCUT2D eigenvalue weighted by atomic mass is 9.91. The minimum absolute atomic E-state index is 0.244. The van der Waals surface area contributed by atoms with E-state index in [1.807, 2.05) is 35.4 Å². The first-order valence-electron chi connectivity index (χ1n) is 9.28. The Morgan fingerprint density at radius 2 is 2.04 bits per heavy atom. The summed E-state index contributed by atoms with van der Waals surface area (Å²) in [6.45, 7) is 0.809. The summed E-state index contributed by atoms with van der Waals surface area (Å²) in [7, 11) is 1.68. The number of carbonyl (C=O) groups is 1. The maximum absolute atomic E-state index is 13.6. The topological polar surface area (TPSA) is 45.3 Å². The number of H-pyrrole nitrogens is 1. The monoisotopic (exact) mass is 346 g/mol. The summed E-state index contributed by atoms with van der Waals surface area (Å²) in [6.07, 6.45) is 5.92. The number of hydrogen-bond acceptors (Lipinski definition) is 2. The van der Waals surface area contributed by atoms with Gasteiger partial charge in [0.2, 0.25) is 5.91 Å². The molecule has 4 heteroatoms. The molecule has 2 aliphatic rings. The normalized spacial score (nSPS) is 17.8. The molecule has 0 bridgehead atoms. The third kappa shape index (κ3) is 2.18. The average molecular weight is 346 g/mol. The predicted molar refractivity (Wildman–Crippen MR) is 103 cm³/mol. The zero-order valence-corrected chi connectivity index (χ0v) is 14.9. The van der Waals surface area contributed by atoms with Gasteiger partial charge in [-0.3, -0.25) is 4.79 Å². The smallest absolute Gasteiger partial charge is 0.237 e. The lowest BCUT2D eigenvalue weighted by Gasteiger charge is -2.32. The van der Waals surface area contributed by atoms with Crippen LogP contribution in [0.5, 0.6) is 5.75 Å². The van der Waals surface area contributed by atoms with Crippen LogP contribution in [0.2, 0.25) is 0 Å². The Kier molecular flexibility index (Phi) is 3.36. The molecule has 0 atom stereocenters. The van der Waals surface area contributed by atoms with Crippen LogP contribution >= 0.6 is 0 Å². The van der Waals surface area contributed by atoms with Crippen LogP contribution in [-0.2, 0) is 16.6 Å². The third-order valence-electron chi connectivity index (χ3n) is 5.92. The van der Waals surface area contributed by atoms with Crippen LogP contribution < -0.4 is 9.64 Å². The summed E-state index contributed by atoms with van der Waals surface area (Å²) in [4.78, 5) is 19.0. The van der Waals surface area contributed by atoms with Crippen LogP contribution in [0.4, 0.5) is 5.69 Å². The summed E-state index contributed by atoms with van der Waals surface area (Å²) in [5, 5.41) is 1.10. The van der Waals surface area contributed by atoms with E-state index in [-0.39, 0.29) is 5.91 Å². The number of fused-ring (bicyclic) bond motifs is 2. The number of nitrogens with one attached hydrogen (secondary N) is 1. The number of ether oxygens (including phenoxy) is 1. The molecule has 1 amide bonds. The first-order chi connectivity index (χ1) is 12.7. The lowest BCUT2D eigenvalue weighted by Crippen LogP contribution is -2.42. The van der Waals surface area contributed by atoms with Crippen LogP contribution in [0.15, 0.2) is 48.7 Å². The van der Waals surface area contributed by atoms with Crippen molar-refractivity contribution in [1.82, 2.24) is 4.98 Å². The van der Waals surface area contributed by atoms with Crippen molar-refractivity contribution >= 4 is 22.5 Å². The Bertz CT molecular complexity index is 1000. The molecular formula is C22H22N2O2. The fourth-order valence-corrected chi connectivity index (χ4v) is 4.35. The summed E-state index contributed by atoms with van der Waals surface area (Å²) in [5.41, 5.74) is 4.14. The van der Waals surface area contributed by atoms with Crippen molar-refractivity contribution in [3.8, 4) is 5.75 Å². The molecule has 5 rings (SSSR count). The van der Waals surface area contributed by atoms with Gasteiger partial charge in [0.05, 0.1) is 12.5 Å². The summed E-state index contributed by atoms with van der Waals surface area (Å²) >= 11 is 0. The maximum atomic E-state index is 13.6. The van der Waals surface area contributed by atoms with Gasteiger partial charge in [0, 0.05) is 29.3 Å². The van der Waals surface area contributed by atoms with E-state index in [9.17, 15) is 4.79 Å². The molecule has 0 unspecified atom stereocenters. The van der Waals surface area contributed by atoms with E-state index in [1.54, 1.807) is 7.11 Å². The SMILES string of the molecule is COc1ccc2[nH]cc(C3(C(=O)N4CCCc5ccccc54)CC3)c2c1. The van der Waals surface area contributed by atoms with Gasteiger partial charge in [0.25, 0.3) is 0 Å². The number of methoxy groups -OCH3 is 1. The molecule has 2 heterocycles. The average Bonchev–Trinajstić information content (AvgIpc) is 3.39. The number of nitrogens with zero attached hydrogens (tertiary/aromatic N) is 1. The Labute approximate surface area is 152 Å². The number of aromatic nitrogens is 1. The maximum Gasteiger partial charge on any atom is 0.237 e. The molecule has 0 radical (unpaired) electrons. The number of aryl methyl sites for hydroxylation is 1. The number of carbonyl (C=O) groups excluding carboxylic acids is 1. The molecule has 1 aliphatic heterocycles. The molecule has 0 spiro atoms. The Hall–Kier alpha value is -2.75. The summed E-state index contributed by atoms with van der Waals surface area (Å²) in [6, 6.07) is 14.3. The van der Waals surface area contributed by atoms with E-state index in [2.05, 4.69) is 23.2 Å². The number of rotatable bonds is 3. The fourth-order valence-electron chi connectivity index (χ4n) is 4.35. The van der Waals surface area contributed by atoms with Crippen molar-refractivity contribution in [3.63, 3.8) is 0 Å². The molecule has 4 nitrogen and oxygen atoms in total.